The second-order valence-corrected chi connectivity index (χ2v) is 5.38. The first-order valence-electron chi connectivity index (χ1n) is 7.22. The van der Waals surface area contributed by atoms with E-state index < -0.39 is 0 Å². The van der Waals surface area contributed by atoms with Crippen LogP contribution < -0.4 is 11.1 Å². The summed E-state index contributed by atoms with van der Waals surface area (Å²) in [5.41, 5.74) is 6.52. The van der Waals surface area contributed by atoms with Crippen molar-refractivity contribution in [3.05, 3.63) is 23.8 Å². The summed E-state index contributed by atoms with van der Waals surface area (Å²) in [4.78, 5) is 14.6. The lowest BCUT2D eigenvalue weighted by molar-refractivity contribution is 0.0904. The fourth-order valence-corrected chi connectivity index (χ4v) is 2.70. The number of nitrogen functional groups attached to an aromatic ring is 1. The highest BCUT2D eigenvalue weighted by Gasteiger charge is 2.22. The number of anilines is 1. The smallest absolute Gasteiger partial charge is 0.253 e. The molecule has 1 amide bonds. The first-order valence-corrected chi connectivity index (χ1v) is 7.22. The van der Waals surface area contributed by atoms with Crippen molar-refractivity contribution in [2.75, 3.05) is 25.4 Å². The molecule has 110 valence electrons. The van der Waals surface area contributed by atoms with Crippen molar-refractivity contribution in [2.45, 2.75) is 32.2 Å². The maximum atomic E-state index is 12.2. The van der Waals surface area contributed by atoms with Gasteiger partial charge in [-0.05, 0) is 50.6 Å². The van der Waals surface area contributed by atoms with Gasteiger partial charge in [0.05, 0.1) is 5.56 Å². The lowest BCUT2D eigenvalue weighted by atomic mass is 10.0. The number of phenolic OH excluding ortho intramolecular Hbond substituents is 1. The Labute approximate surface area is 119 Å². The zero-order valence-corrected chi connectivity index (χ0v) is 11.9. The minimum Gasteiger partial charge on any atom is -0.508 e. The van der Waals surface area contributed by atoms with Crippen LogP contribution in [0.15, 0.2) is 18.2 Å². The number of rotatable bonds is 4. The Kier molecular flexibility index (Phi) is 4.84. The number of carbonyl (C=O) groups excluding carboxylic acids is 1. The van der Waals surface area contributed by atoms with Gasteiger partial charge in [-0.3, -0.25) is 4.79 Å². The number of nitrogens with zero attached hydrogens (tertiary/aromatic N) is 1. The van der Waals surface area contributed by atoms with Crippen LogP contribution in [-0.2, 0) is 0 Å². The van der Waals surface area contributed by atoms with Crippen LogP contribution in [0.1, 0.15) is 36.5 Å². The second kappa shape index (κ2) is 6.61. The molecule has 0 saturated carbocycles. The summed E-state index contributed by atoms with van der Waals surface area (Å²) in [6.45, 7) is 5.23. The highest BCUT2D eigenvalue weighted by Crippen LogP contribution is 2.19. The molecule has 1 heterocycles. The summed E-state index contributed by atoms with van der Waals surface area (Å²) in [5, 5.41) is 12.5. The summed E-state index contributed by atoms with van der Waals surface area (Å²) in [6.07, 6.45) is 3.21. The van der Waals surface area contributed by atoms with Crippen molar-refractivity contribution in [3.63, 3.8) is 0 Å². The molecular weight excluding hydrogens is 254 g/mol. The van der Waals surface area contributed by atoms with E-state index in [4.69, 9.17) is 5.73 Å². The van der Waals surface area contributed by atoms with E-state index in [-0.39, 0.29) is 17.7 Å². The summed E-state index contributed by atoms with van der Waals surface area (Å²) in [6, 6.07) is 4.60. The number of carbonyl (C=O) groups is 1. The van der Waals surface area contributed by atoms with Crippen LogP contribution in [-0.4, -0.2) is 41.6 Å². The quantitative estimate of drug-likeness (QED) is 0.577. The van der Waals surface area contributed by atoms with Gasteiger partial charge in [-0.2, -0.15) is 0 Å². The third-order valence-electron chi connectivity index (χ3n) is 3.66. The monoisotopic (exact) mass is 277 g/mol. The van der Waals surface area contributed by atoms with Gasteiger partial charge in [0.2, 0.25) is 0 Å². The Hall–Kier alpha value is -1.75. The highest BCUT2D eigenvalue weighted by atomic mass is 16.3. The molecule has 0 radical (unpaired) electrons. The SMILES string of the molecule is CCCN1CCCC(NC(=O)c2cc(O)ccc2N)C1. The van der Waals surface area contributed by atoms with E-state index in [1.807, 2.05) is 0 Å². The Morgan fingerprint density at radius 3 is 3.10 bits per heavy atom. The van der Waals surface area contributed by atoms with E-state index in [9.17, 15) is 9.90 Å². The molecule has 0 bridgehead atoms. The normalized spacial score (nSPS) is 19.8. The molecule has 1 unspecified atom stereocenters. The predicted molar refractivity (Wildman–Crippen MR) is 79.7 cm³/mol. The minimum absolute atomic E-state index is 0.0561. The fourth-order valence-electron chi connectivity index (χ4n) is 2.70. The number of aromatic hydroxyl groups is 1. The molecule has 4 N–H and O–H groups in total. The number of nitrogens with two attached hydrogens (primary N) is 1. The van der Waals surface area contributed by atoms with Crippen LogP contribution in [0.25, 0.3) is 0 Å². The number of benzene rings is 1. The van der Waals surface area contributed by atoms with Crippen LogP contribution in [0.5, 0.6) is 5.75 Å². The van der Waals surface area contributed by atoms with Crippen molar-refractivity contribution in [3.8, 4) is 5.75 Å². The zero-order chi connectivity index (χ0) is 14.5. The number of likely N-dealkylation sites (tertiary alicyclic amines) is 1. The lowest BCUT2D eigenvalue weighted by Crippen LogP contribution is -2.47. The highest BCUT2D eigenvalue weighted by molar-refractivity contribution is 5.99. The van der Waals surface area contributed by atoms with Gasteiger partial charge in [-0.25, -0.2) is 0 Å². The van der Waals surface area contributed by atoms with Crippen LogP contribution in [0.4, 0.5) is 5.69 Å². The van der Waals surface area contributed by atoms with Crippen molar-refractivity contribution in [1.29, 1.82) is 0 Å². The van der Waals surface area contributed by atoms with Crippen LogP contribution in [0.2, 0.25) is 0 Å². The van der Waals surface area contributed by atoms with Gasteiger partial charge >= 0.3 is 0 Å². The number of amides is 1. The largest absolute Gasteiger partial charge is 0.508 e. The summed E-state index contributed by atoms with van der Waals surface area (Å²) in [5.74, 6) is -0.151. The van der Waals surface area contributed by atoms with Crippen LogP contribution in [0, 0.1) is 0 Å². The molecule has 0 spiro atoms. The number of phenols is 1. The van der Waals surface area contributed by atoms with Crippen molar-refractivity contribution in [1.82, 2.24) is 10.2 Å². The molecule has 1 atom stereocenters. The number of nitrogens with one attached hydrogen (secondary N) is 1. The van der Waals surface area contributed by atoms with E-state index in [2.05, 4.69) is 17.1 Å². The molecule has 1 saturated heterocycles. The first-order chi connectivity index (χ1) is 9.60. The average molecular weight is 277 g/mol. The molecule has 2 rings (SSSR count). The first kappa shape index (κ1) is 14.7. The van der Waals surface area contributed by atoms with Crippen molar-refractivity contribution < 1.29 is 9.90 Å². The van der Waals surface area contributed by atoms with E-state index in [1.54, 1.807) is 6.07 Å². The topological polar surface area (TPSA) is 78.6 Å². The molecule has 1 fully saturated rings. The molecule has 20 heavy (non-hydrogen) atoms. The molecule has 1 aliphatic rings. The van der Waals surface area contributed by atoms with Gasteiger partial charge in [0.1, 0.15) is 5.75 Å². The molecule has 1 aliphatic heterocycles. The Bertz CT molecular complexity index is 474. The van der Waals surface area contributed by atoms with Crippen LogP contribution in [0.3, 0.4) is 0 Å². The third-order valence-corrected chi connectivity index (χ3v) is 3.66. The zero-order valence-electron chi connectivity index (χ0n) is 11.9. The fraction of sp³-hybridized carbons (Fsp3) is 0.533. The van der Waals surface area contributed by atoms with Gasteiger partial charge < -0.3 is 21.1 Å². The molecule has 1 aromatic rings. The summed E-state index contributed by atoms with van der Waals surface area (Å²) >= 11 is 0. The Morgan fingerprint density at radius 1 is 1.55 bits per heavy atom. The van der Waals surface area contributed by atoms with Gasteiger partial charge in [0.15, 0.2) is 0 Å². The van der Waals surface area contributed by atoms with E-state index in [0.29, 0.717) is 11.3 Å². The van der Waals surface area contributed by atoms with Gasteiger partial charge in [0, 0.05) is 18.3 Å². The molecule has 5 nitrogen and oxygen atoms in total. The number of hydrogen-bond acceptors (Lipinski definition) is 4. The van der Waals surface area contributed by atoms with Gasteiger partial charge in [-0.1, -0.05) is 6.92 Å². The number of piperidine rings is 1. The van der Waals surface area contributed by atoms with E-state index in [0.717, 1.165) is 38.9 Å². The lowest BCUT2D eigenvalue weighted by Gasteiger charge is -2.33. The summed E-state index contributed by atoms with van der Waals surface area (Å²) in [7, 11) is 0. The summed E-state index contributed by atoms with van der Waals surface area (Å²) < 4.78 is 0. The van der Waals surface area contributed by atoms with Crippen molar-refractivity contribution >= 4 is 11.6 Å². The average Bonchev–Trinajstić information content (AvgIpc) is 2.42. The van der Waals surface area contributed by atoms with Gasteiger partial charge in [-0.15, -0.1) is 0 Å². The second-order valence-electron chi connectivity index (χ2n) is 5.38. The third kappa shape index (κ3) is 3.63. The predicted octanol–water partition coefficient (Wildman–Crippen LogP) is 1.58. The van der Waals surface area contributed by atoms with Gasteiger partial charge in [0.25, 0.3) is 5.91 Å². The molecule has 5 heteroatoms. The Morgan fingerprint density at radius 2 is 2.35 bits per heavy atom. The van der Waals surface area contributed by atoms with E-state index in [1.165, 1.54) is 12.1 Å². The maximum absolute atomic E-state index is 12.2. The standard InChI is InChI=1S/C15H23N3O2/c1-2-7-18-8-3-4-11(10-18)17-15(20)13-9-12(19)5-6-14(13)16/h5-6,9,11,19H,2-4,7-8,10,16H2,1H3,(H,17,20). The molecule has 1 aromatic carbocycles. The number of hydrogen-bond donors (Lipinski definition) is 3. The van der Waals surface area contributed by atoms with Crippen LogP contribution >= 0.6 is 0 Å². The van der Waals surface area contributed by atoms with E-state index >= 15 is 0 Å². The molecular formula is C15H23N3O2. The Balaban J connectivity index is 1.98. The maximum Gasteiger partial charge on any atom is 0.253 e. The minimum atomic E-state index is -0.207. The van der Waals surface area contributed by atoms with Crippen molar-refractivity contribution in [2.24, 2.45) is 0 Å². The molecule has 0 aromatic heterocycles. The molecule has 0 aliphatic carbocycles.